The number of hydrogen-bond donors (Lipinski definition) is 0. The van der Waals surface area contributed by atoms with Crippen molar-refractivity contribution in [3.63, 3.8) is 0 Å². The first-order valence-electron chi connectivity index (χ1n) is 7.04. The van der Waals surface area contributed by atoms with Crippen molar-refractivity contribution >= 4 is 43.7 Å². The van der Waals surface area contributed by atoms with E-state index in [1.807, 2.05) is 0 Å². The predicted octanol–water partition coefficient (Wildman–Crippen LogP) is 5.24. The van der Waals surface area contributed by atoms with Crippen LogP contribution in [-0.4, -0.2) is 0 Å². The van der Waals surface area contributed by atoms with Gasteiger partial charge in [0.25, 0.3) is 0 Å². The number of hydrogen-bond acceptors (Lipinski definition) is 0. The molecule has 0 aliphatic heterocycles. The first kappa shape index (κ1) is 17.3. The van der Waals surface area contributed by atoms with Crippen molar-refractivity contribution in [2.75, 3.05) is 0 Å². The summed E-state index contributed by atoms with van der Waals surface area (Å²) < 4.78 is 40.0. The molecule has 3 aromatic carbocycles. The molecule has 3 aromatic rings. The minimum absolute atomic E-state index is 0.427. The molecule has 0 bridgehead atoms. The third kappa shape index (κ3) is 2.82. The van der Waals surface area contributed by atoms with Crippen LogP contribution in [0.25, 0.3) is 0 Å². The van der Waals surface area contributed by atoms with Crippen LogP contribution >= 0.6 is 27.8 Å². The molecule has 0 nitrogen and oxygen atoms in total. The van der Waals surface area contributed by atoms with Crippen LogP contribution in [0.3, 0.4) is 0 Å². The van der Waals surface area contributed by atoms with Crippen LogP contribution in [0, 0.1) is 17.5 Å². The van der Waals surface area contributed by atoms with Gasteiger partial charge >= 0.3 is 147 Å². The van der Waals surface area contributed by atoms with Crippen molar-refractivity contribution in [3.05, 3.63) is 90.2 Å². The van der Waals surface area contributed by atoms with E-state index >= 15 is 0 Å². The summed E-state index contributed by atoms with van der Waals surface area (Å²) >= 11 is 14.1. The Morgan fingerprint density at radius 2 is 0.667 bits per heavy atom. The molecule has 0 aliphatic carbocycles. The summed E-state index contributed by atoms with van der Waals surface area (Å²) in [6.07, 6.45) is 0. The van der Waals surface area contributed by atoms with Gasteiger partial charge in [0, 0.05) is 0 Å². The van der Waals surface area contributed by atoms with Crippen LogP contribution in [0.15, 0.2) is 72.8 Å². The van der Waals surface area contributed by atoms with Gasteiger partial charge < -0.3 is 0 Å². The van der Waals surface area contributed by atoms with Crippen molar-refractivity contribution in [2.24, 2.45) is 0 Å². The van der Waals surface area contributed by atoms with Gasteiger partial charge in [-0.1, -0.05) is 0 Å². The quantitative estimate of drug-likeness (QED) is 0.540. The minimum atomic E-state index is -4.00. The summed E-state index contributed by atoms with van der Waals surface area (Å²) in [5.74, 6) is -1.28. The maximum atomic E-state index is 13.3. The molecule has 0 amide bonds. The Hall–Kier alpha value is -1.54. The molecule has 24 heavy (non-hydrogen) atoms. The van der Waals surface area contributed by atoms with E-state index < -0.39 is 22.8 Å². The second-order valence-corrected chi connectivity index (χ2v) is 13.3. The Labute approximate surface area is 147 Å². The van der Waals surface area contributed by atoms with Crippen LogP contribution in [0.4, 0.5) is 13.2 Å². The molecule has 3 rings (SSSR count). The normalized spacial score (nSPS) is 13.3. The third-order valence-corrected chi connectivity index (χ3v) is 11.0. The van der Waals surface area contributed by atoms with Crippen molar-refractivity contribution in [2.45, 2.75) is 0 Å². The van der Waals surface area contributed by atoms with Gasteiger partial charge in [0.1, 0.15) is 0 Å². The van der Waals surface area contributed by atoms with Gasteiger partial charge in [0.05, 0.1) is 0 Å². The van der Waals surface area contributed by atoms with Crippen molar-refractivity contribution in [1.29, 1.82) is 0 Å². The monoisotopic (exact) mass is 386 g/mol. The molecule has 0 saturated carbocycles. The zero-order chi connectivity index (χ0) is 17.4. The third-order valence-electron chi connectivity index (χ3n) is 3.84. The summed E-state index contributed by atoms with van der Waals surface area (Å²) in [7, 11) is 0. The Kier molecular flexibility index (Phi) is 4.37. The van der Waals surface area contributed by atoms with Crippen molar-refractivity contribution in [1.82, 2.24) is 0 Å². The zero-order valence-corrected chi connectivity index (χ0v) is 14.7. The molecule has 0 aliphatic rings. The van der Waals surface area contributed by atoms with Gasteiger partial charge in [0.15, 0.2) is 0 Å². The molecule has 0 heterocycles. The predicted molar refractivity (Wildman–Crippen MR) is 96.7 cm³/mol. The van der Waals surface area contributed by atoms with E-state index in [0.717, 1.165) is 0 Å². The Morgan fingerprint density at radius 3 is 0.875 bits per heavy atom. The fourth-order valence-electron chi connectivity index (χ4n) is 2.56. The van der Waals surface area contributed by atoms with Crippen LogP contribution < -0.4 is 15.9 Å². The van der Waals surface area contributed by atoms with Crippen LogP contribution in [0.5, 0.6) is 0 Å². The molecule has 0 unspecified atom stereocenters. The van der Waals surface area contributed by atoms with E-state index in [1.165, 1.54) is 72.8 Å². The zero-order valence-electron chi connectivity index (χ0n) is 12.3. The second-order valence-electron chi connectivity index (χ2n) is 5.34. The molecule has 0 radical (unpaired) electrons. The van der Waals surface area contributed by atoms with Crippen LogP contribution in [-0.2, 0) is 0 Å². The Morgan fingerprint density at radius 1 is 0.458 bits per heavy atom. The van der Waals surface area contributed by atoms with E-state index in [0.29, 0.717) is 15.9 Å². The number of benzene rings is 3. The fraction of sp³-hybridized carbons (Fsp3) is 0. The van der Waals surface area contributed by atoms with E-state index in [9.17, 15) is 13.2 Å². The van der Waals surface area contributed by atoms with Gasteiger partial charge in [-0.3, -0.25) is 0 Å². The number of rotatable bonds is 3. The average molecular weight is 387 g/mol. The molecule has 0 saturated heterocycles. The Bertz CT molecular complexity index is 743. The standard InChI is InChI=1S/C18H12Cl2F3P/c19-24(20,16-7-1-13(21)2-8-16,17-9-3-14(22)4-10-17)18-11-5-15(23)6-12-18/h1-12H. The molecule has 6 heteroatoms. The van der Waals surface area contributed by atoms with Gasteiger partial charge in [0.2, 0.25) is 0 Å². The topological polar surface area (TPSA) is 0 Å². The first-order chi connectivity index (χ1) is 11.3. The van der Waals surface area contributed by atoms with E-state index in [4.69, 9.17) is 22.5 Å². The Balaban J connectivity index is 2.33. The molecule has 0 atom stereocenters. The van der Waals surface area contributed by atoms with Crippen molar-refractivity contribution < 1.29 is 13.2 Å². The van der Waals surface area contributed by atoms with Crippen LogP contribution in [0.1, 0.15) is 0 Å². The molecular weight excluding hydrogens is 375 g/mol. The summed E-state index contributed by atoms with van der Waals surface area (Å²) in [4.78, 5) is 0. The first-order valence-corrected chi connectivity index (χ1v) is 11.1. The number of halogens is 5. The van der Waals surface area contributed by atoms with Gasteiger partial charge in [-0.15, -0.1) is 0 Å². The van der Waals surface area contributed by atoms with Crippen molar-refractivity contribution in [3.8, 4) is 0 Å². The molecule has 124 valence electrons. The van der Waals surface area contributed by atoms with Gasteiger partial charge in [-0.2, -0.15) is 0 Å². The van der Waals surface area contributed by atoms with E-state index in [1.54, 1.807) is 0 Å². The fourth-order valence-corrected chi connectivity index (χ4v) is 7.50. The molecule has 0 fully saturated rings. The molecular formula is C18H12Cl2F3P. The summed E-state index contributed by atoms with van der Waals surface area (Å²) in [5, 5.41) is -2.53. The van der Waals surface area contributed by atoms with E-state index in [2.05, 4.69) is 0 Å². The van der Waals surface area contributed by atoms with Crippen LogP contribution in [0.2, 0.25) is 0 Å². The summed E-state index contributed by atoms with van der Waals surface area (Å²) in [6, 6.07) is 16.6. The second kappa shape index (κ2) is 6.07. The average Bonchev–Trinajstić information content (AvgIpc) is 2.56. The molecule has 0 aromatic heterocycles. The van der Waals surface area contributed by atoms with Gasteiger partial charge in [-0.05, 0) is 0 Å². The van der Waals surface area contributed by atoms with Gasteiger partial charge in [-0.25, -0.2) is 0 Å². The maximum absolute atomic E-state index is 13.3. The summed E-state index contributed by atoms with van der Waals surface area (Å²) in [5.41, 5.74) is 0. The SMILES string of the molecule is Fc1ccc(P(Cl)(Cl)(c2ccc(F)cc2)c2ccc(F)cc2)cc1. The molecule has 0 spiro atoms. The summed E-state index contributed by atoms with van der Waals surface area (Å²) in [6.45, 7) is 0. The molecule has 0 N–H and O–H groups in total. The van der Waals surface area contributed by atoms with E-state index in [-0.39, 0.29) is 0 Å².